The van der Waals surface area contributed by atoms with E-state index in [1.165, 1.54) is 48.8 Å². The summed E-state index contributed by atoms with van der Waals surface area (Å²) in [5.41, 5.74) is -0.663. The highest BCUT2D eigenvalue weighted by atomic mass is 31.2. The third kappa shape index (κ3) is 10.1. The molecule has 0 spiro atoms. The molecule has 0 unspecified atom stereocenters. The molecule has 0 saturated heterocycles. The maximum Gasteiger partial charge on any atom is 0.343 e. The van der Waals surface area contributed by atoms with E-state index >= 15 is 0 Å². The van der Waals surface area contributed by atoms with Gasteiger partial charge in [-0.3, -0.25) is 4.79 Å². The first-order valence-corrected chi connectivity index (χ1v) is 14.1. The first kappa shape index (κ1) is 30.8. The number of hydrogen-bond donors (Lipinski definition) is 0. The lowest BCUT2D eigenvalue weighted by Gasteiger charge is -2.26. The lowest BCUT2D eigenvalue weighted by molar-refractivity contribution is -0.396. The third-order valence-electron chi connectivity index (χ3n) is 5.53. The average molecular weight is 542 g/mol. The summed E-state index contributed by atoms with van der Waals surface area (Å²) < 4.78 is 32.5. The normalized spacial score (nSPS) is 11.6. The molecule has 0 atom stereocenters. The van der Waals surface area contributed by atoms with Crippen molar-refractivity contribution in [3.63, 3.8) is 0 Å². The number of esters is 1. The van der Waals surface area contributed by atoms with Crippen LogP contribution >= 0.6 is 7.82 Å². The molecular formula is C25H36NO10P-2. The number of carbonyl (C=O) groups is 1. The van der Waals surface area contributed by atoms with Crippen molar-refractivity contribution in [2.24, 2.45) is 0 Å². The highest BCUT2D eigenvalue weighted by molar-refractivity contribution is 7.43. The highest BCUT2D eigenvalue weighted by Gasteiger charge is 2.20. The van der Waals surface area contributed by atoms with Crippen molar-refractivity contribution in [1.29, 1.82) is 0 Å². The summed E-state index contributed by atoms with van der Waals surface area (Å²) in [6, 6.07) is 3.00. The number of carbonyl (C=O) groups excluding carboxylic acids is 1. The summed E-state index contributed by atoms with van der Waals surface area (Å²) in [4.78, 5) is 51.6. The summed E-state index contributed by atoms with van der Waals surface area (Å²) in [6.07, 6.45) is 10.3. The Morgan fingerprint density at radius 2 is 1.57 bits per heavy atom. The number of benzene rings is 1. The molecule has 11 nitrogen and oxygen atoms in total. The van der Waals surface area contributed by atoms with Gasteiger partial charge in [0.1, 0.15) is 13.4 Å². The molecule has 1 heterocycles. The molecule has 0 fully saturated rings. The van der Waals surface area contributed by atoms with Crippen LogP contribution in [0.15, 0.2) is 23.1 Å². The molecule has 0 N–H and O–H groups in total. The summed E-state index contributed by atoms with van der Waals surface area (Å²) in [7, 11) is -5.40. The number of aromatic nitrogens is 1. The van der Waals surface area contributed by atoms with E-state index in [0.29, 0.717) is 24.7 Å². The number of fused-ring (bicyclic) bond motifs is 1. The van der Waals surface area contributed by atoms with Crippen molar-refractivity contribution in [2.75, 3.05) is 19.8 Å². The van der Waals surface area contributed by atoms with Gasteiger partial charge in [-0.15, -0.1) is 0 Å². The second-order valence-electron chi connectivity index (χ2n) is 8.40. The van der Waals surface area contributed by atoms with E-state index in [4.69, 9.17) is 14.2 Å². The molecule has 0 aliphatic carbocycles. The van der Waals surface area contributed by atoms with Crippen LogP contribution in [-0.2, 0) is 25.6 Å². The van der Waals surface area contributed by atoms with Gasteiger partial charge in [-0.25, -0.2) is 14.4 Å². The molecule has 1 aromatic carbocycles. The molecule has 12 heteroatoms. The standard InChI is InChI=1S/C25H38NO10P/c1-4-7-8-9-10-11-12-13-14-34-22-15-19-21(16-23(22)32-5-2)26(18-35-36-37(29,30)31)17-20(24(19)27)25(28)33-6-3/h15-17H,4-14,18H2,1-3H3,(H2,29,30,31)/p-2. The van der Waals surface area contributed by atoms with Crippen LogP contribution < -0.4 is 24.7 Å². The molecule has 0 amide bonds. The van der Waals surface area contributed by atoms with Crippen LogP contribution in [0, 0.1) is 0 Å². The van der Waals surface area contributed by atoms with Crippen LogP contribution in [0.5, 0.6) is 11.5 Å². The van der Waals surface area contributed by atoms with E-state index < -0.39 is 26.0 Å². The Morgan fingerprint density at radius 1 is 0.919 bits per heavy atom. The minimum absolute atomic E-state index is 0.0434. The number of pyridine rings is 1. The Balaban J connectivity index is 2.29. The molecular weight excluding hydrogens is 505 g/mol. The number of hydrogen-bond acceptors (Lipinski definition) is 10. The first-order valence-electron chi connectivity index (χ1n) is 12.7. The number of rotatable bonds is 18. The number of unbranched alkanes of at least 4 members (excludes halogenated alkanes) is 7. The lowest BCUT2D eigenvalue weighted by atomic mass is 10.1. The number of phosphoric acid groups is 1. The Hall–Kier alpha value is -2.43. The van der Waals surface area contributed by atoms with E-state index in [0.717, 1.165) is 25.5 Å². The monoisotopic (exact) mass is 541 g/mol. The molecule has 0 aliphatic heterocycles. The zero-order valence-electron chi connectivity index (χ0n) is 21.7. The van der Waals surface area contributed by atoms with Crippen molar-refractivity contribution in [3.8, 4) is 11.5 Å². The van der Waals surface area contributed by atoms with Crippen LogP contribution in [0.1, 0.15) is 82.5 Å². The van der Waals surface area contributed by atoms with Gasteiger partial charge in [0.05, 0.1) is 30.7 Å². The van der Waals surface area contributed by atoms with E-state index in [9.17, 15) is 23.9 Å². The van der Waals surface area contributed by atoms with Crippen molar-refractivity contribution in [3.05, 3.63) is 34.1 Å². The van der Waals surface area contributed by atoms with Crippen LogP contribution in [-0.4, -0.2) is 30.4 Å². The largest absolute Gasteiger partial charge is 0.788 e. The van der Waals surface area contributed by atoms with Crippen molar-refractivity contribution in [2.45, 2.75) is 78.9 Å². The summed E-state index contributed by atoms with van der Waals surface area (Å²) in [5.74, 6) is -0.175. The van der Waals surface area contributed by atoms with Crippen LogP contribution in [0.3, 0.4) is 0 Å². The van der Waals surface area contributed by atoms with Crippen LogP contribution in [0.2, 0.25) is 0 Å². The number of ether oxygens (including phenoxy) is 3. The van der Waals surface area contributed by atoms with E-state index in [-0.39, 0.29) is 23.1 Å². The minimum Gasteiger partial charge on any atom is -0.788 e. The fourth-order valence-corrected chi connectivity index (χ4v) is 3.98. The third-order valence-corrected chi connectivity index (χ3v) is 5.82. The molecule has 0 saturated carbocycles. The second-order valence-corrected chi connectivity index (χ2v) is 9.45. The van der Waals surface area contributed by atoms with Gasteiger partial charge in [-0.2, -0.15) is 0 Å². The fourth-order valence-electron chi connectivity index (χ4n) is 3.80. The van der Waals surface area contributed by atoms with E-state index in [2.05, 4.69) is 16.5 Å². The van der Waals surface area contributed by atoms with Gasteiger partial charge < -0.3 is 33.1 Å². The highest BCUT2D eigenvalue weighted by Crippen LogP contribution is 2.33. The molecule has 0 radical (unpaired) electrons. The van der Waals surface area contributed by atoms with Crippen molar-refractivity contribution >= 4 is 24.7 Å². The predicted octanol–water partition coefficient (Wildman–Crippen LogP) is 3.83. The maximum absolute atomic E-state index is 13.1. The SMILES string of the molecule is CCCCCCCCCCOc1cc2c(=O)c(C(=O)OCC)cn(COOP(=O)([O-])[O-])c2cc1OCC. The molecule has 2 aromatic rings. The Morgan fingerprint density at radius 3 is 2.19 bits per heavy atom. The van der Waals surface area contributed by atoms with Crippen LogP contribution in [0.4, 0.5) is 0 Å². The van der Waals surface area contributed by atoms with Gasteiger partial charge in [0.15, 0.2) is 18.2 Å². The fraction of sp³-hybridized carbons (Fsp3) is 0.600. The quantitative estimate of drug-likeness (QED) is 0.0896. The van der Waals surface area contributed by atoms with Crippen LogP contribution in [0.25, 0.3) is 10.9 Å². The van der Waals surface area contributed by atoms with Gasteiger partial charge in [0, 0.05) is 12.3 Å². The Bertz CT molecular complexity index is 1110. The molecule has 37 heavy (non-hydrogen) atoms. The molecule has 2 rings (SSSR count). The van der Waals surface area contributed by atoms with Gasteiger partial charge in [0.25, 0.3) is 0 Å². The smallest absolute Gasteiger partial charge is 0.343 e. The summed E-state index contributed by atoms with van der Waals surface area (Å²) in [5, 5.41) is 0.0935. The maximum atomic E-state index is 13.1. The second kappa shape index (κ2) is 15.7. The molecule has 0 aliphatic rings. The van der Waals surface area contributed by atoms with Gasteiger partial charge in [-0.05, 0) is 26.3 Å². The van der Waals surface area contributed by atoms with E-state index in [1.54, 1.807) is 13.8 Å². The Kier molecular flexibility index (Phi) is 13.1. The molecule has 0 bridgehead atoms. The predicted molar refractivity (Wildman–Crippen MR) is 133 cm³/mol. The summed E-state index contributed by atoms with van der Waals surface area (Å²) >= 11 is 0. The lowest BCUT2D eigenvalue weighted by Crippen LogP contribution is -2.22. The van der Waals surface area contributed by atoms with E-state index in [1.807, 2.05) is 0 Å². The van der Waals surface area contributed by atoms with Gasteiger partial charge in [-0.1, -0.05) is 51.9 Å². The zero-order chi connectivity index (χ0) is 27.3. The molecule has 208 valence electrons. The van der Waals surface area contributed by atoms with Gasteiger partial charge in [0.2, 0.25) is 5.43 Å². The average Bonchev–Trinajstić information content (AvgIpc) is 2.84. The topological polar surface area (TPSA) is 148 Å². The zero-order valence-corrected chi connectivity index (χ0v) is 22.6. The first-order chi connectivity index (χ1) is 17.7. The Labute approximate surface area is 216 Å². The molecule has 1 aromatic heterocycles. The van der Waals surface area contributed by atoms with Crippen molar-refractivity contribution in [1.82, 2.24) is 4.57 Å². The van der Waals surface area contributed by atoms with Gasteiger partial charge >= 0.3 is 5.97 Å². The number of nitrogens with zero attached hydrogens (tertiary/aromatic N) is 1. The summed E-state index contributed by atoms with van der Waals surface area (Å²) in [6.45, 7) is 5.76. The minimum atomic E-state index is -5.40. The van der Waals surface area contributed by atoms with Crippen molar-refractivity contribution < 1.29 is 42.9 Å².